The zero-order chi connectivity index (χ0) is 23.5. The van der Waals surface area contributed by atoms with Gasteiger partial charge in [-0.15, -0.1) is 0 Å². The van der Waals surface area contributed by atoms with Crippen molar-refractivity contribution >= 4 is 17.8 Å². The van der Waals surface area contributed by atoms with Crippen LogP contribution in [0, 0.1) is 11.7 Å². The first-order chi connectivity index (χ1) is 15.1. The minimum absolute atomic E-state index is 0.0538. The highest BCUT2D eigenvalue weighted by atomic mass is 19.1. The lowest BCUT2D eigenvalue weighted by Crippen LogP contribution is -2.50. The molecule has 3 rings (SSSR count). The normalized spacial score (nSPS) is 19.6. The van der Waals surface area contributed by atoms with E-state index < -0.39 is 17.3 Å². The van der Waals surface area contributed by atoms with Crippen LogP contribution in [-0.2, 0) is 11.3 Å². The summed E-state index contributed by atoms with van der Waals surface area (Å²) < 4.78 is 14.3. The maximum Gasteiger partial charge on any atom is 0.251 e. The third-order valence-electron chi connectivity index (χ3n) is 5.55. The fourth-order valence-electron chi connectivity index (χ4n) is 4.25. The van der Waals surface area contributed by atoms with Crippen molar-refractivity contribution in [3.8, 4) is 0 Å². The average molecular weight is 439 g/mol. The standard InChI is InChI=1S/C25H31FN4O2/c1-16(2)13-25(4)14-22(31)30(24(27)29-25)15-18-10-20(12-21(26)11-18)23(32)28-17(3)19-8-6-5-7-9-19/h5-12,16-17H,13-15H2,1-4H3,(H2,27,29)(H,28,32)/t17-,25+/m0/s1. The van der Waals surface area contributed by atoms with Gasteiger partial charge in [-0.3, -0.25) is 14.5 Å². The van der Waals surface area contributed by atoms with Crippen molar-refractivity contribution in [2.45, 2.75) is 58.7 Å². The van der Waals surface area contributed by atoms with Crippen molar-refractivity contribution < 1.29 is 14.0 Å². The first-order valence-electron chi connectivity index (χ1n) is 10.9. The van der Waals surface area contributed by atoms with Gasteiger partial charge >= 0.3 is 0 Å². The van der Waals surface area contributed by atoms with Crippen LogP contribution in [0.15, 0.2) is 53.5 Å². The number of hydrogen-bond donors (Lipinski definition) is 2. The zero-order valence-corrected chi connectivity index (χ0v) is 19.1. The Hall–Kier alpha value is -3.22. The Balaban J connectivity index is 1.76. The number of rotatable bonds is 7. The minimum Gasteiger partial charge on any atom is -0.369 e. The number of guanidine groups is 1. The molecule has 2 aromatic rings. The second-order valence-electron chi connectivity index (χ2n) is 9.18. The molecule has 0 unspecified atom stereocenters. The molecule has 0 aliphatic carbocycles. The van der Waals surface area contributed by atoms with E-state index in [1.54, 1.807) is 6.07 Å². The average Bonchev–Trinajstić information content (AvgIpc) is 2.70. The van der Waals surface area contributed by atoms with Gasteiger partial charge in [0.1, 0.15) is 5.82 Å². The maximum atomic E-state index is 14.3. The van der Waals surface area contributed by atoms with Crippen molar-refractivity contribution in [2.75, 3.05) is 0 Å². The van der Waals surface area contributed by atoms with E-state index in [1.165, 1.54) is 17.0 Å². The third kappa shape index (κ3) is 5.72. The number of carbonyl (C=O) groups is 2. The van der Waals surface area contributed by atoms with Gasteiger partial charge in [0.2, 0.25) is 5.91 Å². The SMILES string of the molecule is CC(C)C[C@]1(C)CC(=O)N(Cc2cc(F)cc(C(=O)N[C@@H](C)c3ccccc3)c2)C(N)=N1. The Kier molecular flexibility index (Phi) is 6.96. The molecule has 0 saturated heterocycles. The lowest BCUT2D eigenvalue weighted by Gasteiger charge is -2.36. The summed E-state index contributed by atoms with van der Waals surface area (Å²) in [5, 5.41) is 2.88. The molecule has 6 nitrogen and oxygen atoms in total. The molecule has 7 heteroatoms. The smallest absolute Gasteiger partial charge is 0.251 e. The molecule has 0 saturated carbocycles. The number of carbonyl (C=O) groups excluding carboxylic acids is 2. The van der Waals surface area contributed by atoms with E-state index in [1.807, 2.05) is 44.2 Å². The number of halogens is 1. The lowest BCUT2D eigenvalue weighted by atomic mass is 9.87. The van der Waals surface area contributed by atoms with E-state index in [0.29, 0.717) is 11.5 Å². The lowest BCUT2D eigenvalue weighted by molar-refractivity contribution is -0.130. The van der Waals surface area contributed by atoms with Crippen LogP contribution in [0.5, 0.6) is 0 Å². The van der Waals surface area contributed by atoms with Gasteiger partial charge in [-0.25, -0.2) is 9.38 Å². The molecule has 0 spiro atoms. The fraction of sp³-hybridized carbons (Fsp3) is 0.400. The van der Waals surface area contributed by atoms with Crippen molar-refractivity contribution in [1.29, 1.82) is 0 Å². The maximum absolute atomic E-state index is 14.3. The highest BCUT2D eigenvalue weighted by Gasteiger charge is 2.36. The third-order valence-corrected chi connectivity index (χ3v) is 5.55. The topological polar surface area (TPSA) is 87.8 Å². The van der Waals surface area contributed by atoms with Crippen LogP contribution in [0.4, 0.5) is 4.39 Å². The molecule has 1 aliphatic heterocycles. The van der Waals surface area contributed by atoms with Gasteiger partial charge < -0.3 is 11.1 Å². The Morgan fingerprint density at radius 3 is 2.53 bits per heavy atom. The van der Waals surface area contributed by atoms with Crippen LogP contribution in [-0.4, -0.2) is 28.2 Å². The number of benzene rings is 2. The molecular formula is C25H31FN4O2. The number of amides is 2. The first kappa shape index (κ1) is 23.4. The summed E-state index contributed by atoms with van der Waals surface area (Å²) in [7, 11) is 0. The molecule has 2 atom stereocenters. The number of nitrogens with one attached hydrogen (secondary N) is 1. The summed E-state index contributed by atoms with van der Waals surface area (Å²) in [4.78, 5) is 31.5. The molecule has 32 heavy (non-hydrogen) atoms. The van der Waals surface area contributed by atoms with Crippen LogP contribution in [0.3, 0.4) is 0 Å². The van der Waals surface area contributed by atoms with Gasteiger partial charge in [-0.2, -0.15) is 0 Å². The van der Waals surface area contributed by atoms with Gasteiger partial charge in [0.25, 0.3) is 5.91 Å². The summed E-state index contributed by atoms with van der Waals surface area (Å²) in [6.07, 6.45) is 0.986. The summed E-state index contributed by atoms with van der Waals surface area (Å²) in [6, 6.07) is 13.4. The molecule has 0 radical (unpaired) electrons. The van der Waals surface area contributed by atoms with Gasteiger partial charge in [0.15, 0.2) is 5.96 Å². The minimum atomic E-state index is -0.551. The van der Waals surface area contributed by atoms with Crippen LogP contribution >= 0.6 is 0 Å². The largest absolute Gasteiger partial charge is 0.369 e. The Morgan fingerprint density at radius 1 is 1.22 bits per heavy atom. The van der Waals surface area contributed by atoms with Crippen molar-refractivity contribution in [1.82, 2.24) is 10.2 Å². The monoisotopic (exact) mass is 438 g/mol. The molecule has 0 fully saturated rings. The zero-order valence-electron chi connectivity index (χ0n) is 19.1. The Bertz CT molecular complexity index is 1020. The van der Waals surface area contributed by atoms with E-state index in [0.717, 1.165) is 12.0 Å². The summed E-state index contributed by atoms with van der Waals surface area (Å²) in [6.45, 7) is 7.99. The number of hydrogen-bond acceptors (Lipinski definition) is 4. The van der Waals surface area contributed by atoms with Gasteiger partial charge in [0, 0.05) is 5.56 Å². The second-order valence-corrected chi connectivity index (χ2v) is 9.18. The molecule has 2 aromatic carbocycles. The predicted octanol–water partition coefficient (Wildman–Crippen LogP) is 4.17. The number of nitrogens with zero attached hydrogens (tertiary/aromatic N) is 2. The van der Waals surface area contributed by atoms with Gasteiger partial charge in [-0.1, -0.05) is 44.2 Å². The van der Waals surface area contributed by atoms with Crippen LogP contribution in [0.1, 0.15) is 68.1 Å². The molecule has 170 valence electrons. The van der Waals surface area contributed by atoms with Crippen LogP contribution in [0.25, 0.3) is 0 Å². The highest BCUT2D eigenvalue weighted by molar-refractivity contribution is 5.99. The molecular weight excluding hydrogens is 407 g/mol. The molecule has 2 amide bonds. The van der Waals surface area contributed by atoms with Crippen LogP contribution < -0.4 is 11.1 Å². The Morgan fingerprint density at radius 2 is 1.91 bits per heavy atom. The number of nitrogens with two attached hydrogens (primary N) is 1. The first-order valence-corrected chi connectivity index (χ1v) is 10.9. The molecule has 1 aliphatic rings. The molecule has 0 aromatic heterocycles. The van der Waals surface area contributed by atoms with Crippen molar-refractivity contribution in [3.63, 3.8) is 0 Å². The summed E-state index contributed by atoms with van der Waals surface area (Å²) >= 11 is 0. The number of aliphatic imine (C=N–C) groups is 1. The van der Waals surface area contributed by atoms with E-state index in [-0.39, 0.29) is 36.4 Å². The second kappa shape index (κ2) is 9.51. The van der Waals surface area contributed by atoms with Gasteiger partial charge in [-0.05, 0) is 55.5 Å². The van der Waals surface area contributed by atoms with Crippen LogP contribution in [0.2, 0.25) is 0 Å². The summed E-state index contributed by atoms with van der Waals surface area (Å²) in [5.41, 5.74) is 7.19. The Labute approximate surface area is 188 Å². The molecule has 3 N–H and O–H groups in total. The molecule has 1 heterocycles. The van der Waals surface area contributed by atoms with Gasteiger partial charge in [0.05, 0.1) is 24.5 Å². The van der Waals surface area contributed by atoms with Crippen molar-refractivity contribution in [3.05, 3.63) is 71.0 Å². The van der Waals surface area contributed by atoms with E-state index >= 15 is 0 Å². The molecule has 0 bridgehead atoms. The van der Waals surface area contributed by atoms with Crippen molar-refractivity contribution in [2.24, 2.45) is 16.6 Å². The quantitative estimate of drug-likeness (QED) is 0.680. The predicted molar refractivity (Wildman–Crippen MR) is 123 cm³/mol. The summed E-state index contributed by atoms with van der Waals surface area (Å²) in [5.74, 6) is -0.604. The van der Waals surface area contributed by atoms with E-state index in [9.17, 15) is 14.0 Å². The van der Waals surface area contributed by atoms with E-state index in [4.69, 9.17) is 5.73 Å². The fourth-order valence-corrected chi connectivity index (χ4v) is 4.25. The van der Waals surface area contributed by atoms with E-state index in [2.05, 4.69) is 24.2 Å². The highest BCUT2D eigenvalue weighted by Crippen LogP contribution is 2.29.